The fourth-order valence-electron chi connectivity index (χ4n) is 2.30. The largest absolute Gasteiger partial charge is 0.467 e. The minimum Gasteiger partial charge on any atom is -0.467 e. The summed E-state index contributed by atoms with van der Waals surface area (Å²) in [6.45, 7) is 5.88. The van der Waals surface area contributed by atoms with Crippen molar-refractivity contribution in [1.29, 1.82) is 0 Å². The summed E-state index contributed by atoms with van der Waals surface area (Å²) in [5.74, 6) is -0.597. The van der Waals surface area contributed by atoms with E-state index >= 15 is 0 Å². The van der Waals surface area contributed by atoms with Gasteiger partial charge in [0, 0.05) is 24.1 Å². The summed E-state index contributed by atoms with van der Waals surface area (Å²) < 4.78 is 4.72. The van der Waals surface area contributed by atoms with Crippen molar-refractivity contribution in [2.45, 2.75) is 39.7 Å². The molecule has 6 heteroatoms. The van der Waals surface area contributed by atoms with Gasteiger partial charge in [-0.25, -0.2) is 4.79 Å². The Morgan fingerprint density at radius 2 is 2.00 bits per heavy atom. The lowest BCUT2D eigenvalue weighted by Gasteiger charge is -2.20. The second-order valence-corrected chi connectivity index (χ2v) is 5.84. The first-order chi connectivity index (χ1) is 10.3. The van der Waals surface area contributed by atoms with E-state index in [0.717, 1.165) is 6.42 Å². The third-order valence-corrected chi connectivity index (χ3v) is 3.40. The number of amides is 1. The van der Waals surface area contributed by atoms with Gasteiger partial charge < -0.3 is 15.0 Å². The molecule has 0 spiro atoms. The van der Waals surface area contributed by atoms with E-state index in [9.17, 15) is 14.4 Å². The Balaban J connectivity index is 2.82. The number of ether oxygens (including phenoxy) is 1. The number of hydrogen-bond acceptors (Lipinski definition) is 4. The SMILES string of the molecule is COC(=O)C(Cc1ccc[nH]c1=O)NC(=O)[C@@H](C)CC(C)C. The standard InChI is InChI=1S/C16H24N2O4/c1-10(2)8-11(3)14(19)18-13(16(21)22-4)9-12-6-5-7-17-15(12)20/h5-7,10-11,13H,8-9H2,1-4H3,(H,17,20)(H,18,19)/t11-,13?/m0/s1. The summed E-state index contributed by atoms with van der Waals surface area (Å²) in [6.07, 6.45) is 2.34. The van der Waals surface area contributed by atoms with Crippen molar-refractivity contribution < 1.29 is 14.3 Å². The summed E-state index contributed by atoms with van der Waals surface area (Å²) in [7, 11) is 1.26. The predicted molar refractivity (Wildman–Crippen MR) is 83.3 cm³/mol. The van der Waals surface area contributed by atoms with Crippen LogP contribution in [0.3, 0.4) is 0 Å². The highest BCUT2D eigenvalue weighted by molar-refractivity contribution is 5.85. The van der Waals surface area contributed by atoms with Gasteiger partial charge in [-0.15, -0.1) is 0 Å². The first-order valence-corrected chi connectivity index (χ1v) is 7.40. The van der Waals surface area contributed by atoms with Gasteiger partial charge >= 0.3 is 5.97 Å². The summed E-state index contributed by atoms with van der Waals surface area (Å²) in [5.41, 5.74) is 0.149. The van der Waals surface area contributed by atoms with Crippen molar-refractivity contribution in [3.8, 4) is 0 Å². The van der Waals surface area contributed by atoms with Gasteiger partial charge in [-0.3, -0.25) is 9.59 Å². The number of esters is 1. The van der Waals surface area contributed by atoms with Gasteiger partial charge in [0.15, 0.2) is 0 Å². The van der Waals surface area contributed by atoms with Crippen molar-refractivity contribution in [3.05, 3.63) is 34.2 Å². The minimum absolute atomic E-state index is 0.100. The van der Waals surface area contributed by atoms with E-state index < -0.39 is 12.0 Å². The van der Waals surface area contributed by atoms with E-state index in [0.29, 0.717) is 11.5 Å². The molecule has 22 heavy (non-hydrogen) atoms. The molecule has 1 amide bonds. The van der Waals surface area contributed by atoms with Gasteiger partial charge in [0.25, 0.3) is 5.56 Å². The van der Waals surface area contributed by atoms with E-state index in [-0.39, 0.29) is 23.8 Å². The maximum atomic E-state index is 12.2. The van der Waals surface area contributed by atoms with Gasteiger partial charge in [0.1, 0.15) is 6.04 Å². The number of aromatic amines is 1. The molecule has 1 rings (SSSR count). The number of hydrogen-bond donors (Lipinski definition) is 2. The quantitative estimate of drug-likeness (QED) is 0.742. The summed E-state index contributed by atoms with van der Waals surface area (Å²) in [6, 6.07) is 2.43. The van der Waals surface area contributed by atoms with Gasteiger partial charge in [-0.05, 0) is 18.4 Å². The van der Waals surface area contributed by atoms with Gasteiger partial charge in [0.05, 0.1) is 7.11 Å². The van der Waals surface area contributed by atoms with Crippen LogP contribution in [0, 0.1) is 11.8 Å². The average Bonchev–Trinajstić information content (AvgIpc) is 2.47. The van der Waals surface area contributed by atoms with Crippen molar-refractivity contribution in [2.75, 3.05) is 7.11 Å². The van der Waals surface area contributed by atoms with Crippen LogP contribution in [0.5, 0.6) is 0 Å². The Kier molecular flexibility index (Phi) is 6.82. The molecule has 0 aliphatic heterocycles. The van der Waals surface area contributed by atoms with Gasteiger partial charge in [0.2, 0.25) is 5.91 Å². The number of carbonyl (C=O) groups excluding carboxylic acids is 2. The van der Waals surface area contributed by atoms with E-state index in [4.69, 9.17) is 4.74 Å². The smallest absolute Gasteiger partial charge is 0.328 e. The zero-order chi connectivity index (χ0) is 16.7. The molecule has 1 heterocycles. The number of carbonyl (C=O) groups is 2. The molecule has 0 fully saturated rings. The van der Waals surface area contributed by atoms with Crippen LogP contribution in [0.25, 0.3) is 0 Å². The predicted octanol–water partition coefficient (Wildman–Crippen LogP) is 1.26. The number of nitrogens with one attached hydrogen (secondary N) is 2. The molecule has 6 nitrogen and oxygen atoms in total. The van der Waals surface area contributed by atoms with Gasteiger partial charge in [-0.1, -0.05) is 26.8 Å². The molecular weight excluding hydrogens is 284 g/mol. The summed E-state index contributed by atoms with van der Waals surface area (Å²) in [4.78, 5) is 38.3. The molecule has 0 aliphatic carbocycles. The van der Waals surface area contributed by atoms with Crippen LogP contribution in [0.2, 0.25) is 0 Å². The first kappa shape index (κ1) is 17.9. The zero-order valence-electron chi connectivity index (χ0n) is 13.5. The molecule has 122 valence electrons. The Labute approximate surface area is 130 Å². The molecule has 0 aromatic carbocycles. The molecule has 0 bridgehead atoms. The second kappa shape index (κ2) is 8.36. The molecule has 1 aromatic heterocycles. The van der Waals surface area contributed by atoms with Crippen LogP contribution < -0.4 is 10.9 Å². The van der Waals surface area contributed by atoms with E-state index in [1.165, 1.54) is 13.3 Å². The number of aromatic nitrogens is 1. The summed E-state index contributed by atoms with van der Waals surface area (Å²) in [5, 5.41) is 2.68. The van der Waals surface area contributed by atoms with Crippen LogP contribution in [-0.2, 0) is 20.7 Å². The van der Waals surface area contributed by atoms with Crippen LogP contribution in [0.15, 0.2) is 23.1 Å². The van der Waals surface area contributed by atoms with Crippen molar-refractivity contribution in [3.63, 3.8) is 0 Å². The molecular formula is C16H24N2O4. The van der Waals surface area contributed by atoms with E-state index in [1.54, 1.807) is 12.1 Å². The molecule has 2 atom stereocenters. The zero-order valence-corrected chi connectivity index (χ0v) is 13.5. The molecule has 0 radical (unpaired) electrons. The molecule has 1 aromatic rings. The fraction of sp³-hybridized carbons (Fsp3) is 0.562. The third kappa shape index (κ3) is 5.35. The van der Waals surface area contributed by atoms with Crippen LogP contribution >= 0.6 is 0 Å². The first-order valence-electron chi connectivity index (χ1n) is 7.40. The van der Waals surface area contributed by atoms with Crippen LogP contribution in [-0.4, -0.2) is 30.0 Å². The molecule has 1 unspecified atom stereocenters. The highest BCUT2D eigenvalue weighted by Crippen LogP contribution is 2.11. The average molecular weight is 308 g/mol. The Hall–Kier alpha value is -2.11. The number of pyridine rings is 1. The third-order valence-electron chi connectivity index (χ3n) is 3.40. The molecule has 0 saturated heterocycles. The lowest BCUT2D eigenvalue weighted by Crippen LogP contribution is -2.46. The fourth-order valence-corrected chi connectivity index (χ4v) is 2.30. The van der Waals surface area contributed by atoms with E-state index in [2.05, 4.69) is 10.3 Å². The topological polar surface area (TPSA) is 88.3 Å². The Morgan fingerprint density at radius 3 is 2.55 bits per heavy atom. The minimum atomic E-state index is -0.865. The number of rotatable bonds is 7. The molecule has 2 N–H and O–H groups in total. The maximum absolute atomic E-state index is 12.2. The van der Waals surface area contributed by atoms with Crippen LogP contribution in [0.1, 0.15) is 32.8 Å². The number of H-pyrrole nitrogens is 1. The Morgan fingerprint density at radius 1 is 1.32 bits per heavy atom. The maximum Gasteiger partial charge on any atom is 0.328 e. The van der Waals surface area contributed by atoms with Crippen molar-refractivity contribution in [1.82, 2.24) is 10.3 Å². The van der Waals surface area contributed by atoms with E-state index in [1.807, 2.05) is 20.8 Å². The highest BCUT2D eigenvalue weighted by Gasteiger charge is 2.25. The monoisotopic (exact) mass is 308 g/mol. The van der Waals surface area contributed by atoms with Gasteiger partial charge in [-0.2, -0.15) is 0 Å². The molecule has 0 saturated carbocycles. The second-order valence-electron chi connectivity index (χ2n) is 5.84. The summed E-state index contributed by atoms with van der Waals surface area (Å²) >= 11 is 0. The van der Waals surface area contributed by atoms with Crippen LogP contribution in [0.4, 0.5) is 0 Å². The normalized spacial score (nSPS) is 13.5. The lowest BCUT2D eigenvalue weighted by molar-refractivity contribution is -0.145. The Bertz CT molecular complexity index is 565. The molecule has 0 aliphatic rings. The number of methoxy groups -OCH3 is 1. The lowest BCUT2D eigenvalue weighted by atomic mass is 9.97. The highest BCUT2D eigenvalue weighted by atomic mass is 16.5. The van der Waals surface area contributed by atoms with Crippen molar-refractivity contribution in [2.24, 2.45) is 11.8 Å². The van der Waals surface area contributed by atoms with Crippen molar-refractivity contribution >= 4 is 11.9 Å².